The quantitative estimate of drug-likeness (QED) is 0.681. The first-order chi connectivity index (χ1) is 14.4. The van der Waals surface area contributed by atoms with Gasteiger partial charge in [-0.25, -0.2) is 0 Å². The van der Waals surface area contributed by atoms with Gasteiger partial charge in [0.25, 0.3) is 0 Å². The van der Waals surface area contributed by atoms with Crippen molar-refractivity contribution >= 4 is 11.6 Å². The molecule has 0 radical (unpaired) electrons. The minimum atomic E-state index is -0.711. The highest BCUT2D eigenvalue weighted by Gasteiger charge is 2.30. The van der Waals surface area contributed by atoms with Gasteiger partial charge in [-0.3, -0.25) is 9.78 Å². The predicted molar refractivity (Wildman–Crippen MR) is 117 cm³/mol. The van der Waals surface area contributed by atoms with E-state index < -0.39 is 5.54 Å². The van der Waals surface area contributed by atoms with E-state index in [0.717, 1.165) is 48.7 Å². The van der Waals surface area contributed by atoms with Gasteiger partial charge in [0.05, 0.1) is 0 Å². The van der Waals surface area contributed by atoms with Crippen LogP contribution in [0.2, 0.25) is 0 Å². The Balaban J connectivity index is 1.40. The molecule has 0 bridgehead atoms. The largest absolute Gasteiger partial charge is 0.372 e. The fraction of sp³-hybridized carbons (Fsp3) is 0.391. The van der Waals surface area contributed by atoms with E-state index >= 15 is 0 Å². The fourth-order valence-corrected chi connectivity index (χ4v) is 3.76. The zero-order chi connectivity index (χ0) is 21.1. The van der Waals surface area contributed by atoms with E-state index in [9.17, 15) is 4.79 Å². The van der Waals surface area contributed by atoms with Crippen molar-refractivity contribution in [3.05, 3.63) is 60.2 Å². The molecule has 0 spiro atoms. The van der Waals surface area contributed by atoms with Crippen LogP contribution in [0, 0.1) is 6.92 Å². The Hall–Kier alpha value is -3.22. The molecule has 1 aliphatic rings. The first-order valence-corrected chi connectivity index (χ1v) is 10.4. The van der Waals surface area contributed by atoms with Crippen LogP contribution < -0.4 is 10.6 Å². The molecule has 7 nitrogen and oxygen atoms in total. The van der Waals surface area contributed by atoms with Crippen molar-refractivity contribution in [3.8, 4) is 11.4 Å². The molecule has 0 saturated carbocycles. The van der Waals surface area contributed by atoms with E-state index in [1.807, 2.05) is 57.2 Å². The second-order valence-electron chi connectivity index (χ2n) is 8.45. The van der Waals surface area contributed by atoms with Crippen molar-refractivity contribution in [1.82, 2.24) is 25.1 Å². The van der Waals surface area contributed by atoms with Crippen LogP contribution in [0.25, 0.3) is 11.4 Å². The van der Waals surface area contributed by atoms with Gasteiger partial charge in [-0.15, -0.1) is 10.2 Å². The molecule has 7 heteroatoms. The van der Waals surface area contributed by atoms with Gasteiger partial charge in [-0.1, -0.05) is 17.7 Å². The first kappa shape index (κ1) is 20.1. The van der Waals surface area contributed by atoms with E-state index in [4.69, 9.17) is 0 Å². The molecule has 3 aromatic rings. The monoisotopic (exact) mass is 404 g/mol. The first-order valence-electron chi connectivity index (χ1n) is 10.4. The molecular formula is C23H28N6O. The van der Waals surface area contributed by atoms with Crippen molar-refractivity contribution in [3.63, 3.8) is 0 Å². The summed E-state index contributed by atoms with van der Waals surface area (Å²) in [5.41, 5.74) is 2.38. The average molecular weight is 405 g/mol. The summed E-state index contributed by atoms with van der Waals surface area (Å²) in [5.74, 6) is 1.80. The number of carbonyl (C=O) groups excluding carboxylic acids is 1. The highest BCUT2D eigenvalue weighted by molar-refractivity contribution is 5.88. The van der Waals surface area contributed by atoms with Crippen molar-refractivity contribution in [2.45, 2.75) is 58.2 Å². The summed E-state index contributed by atoms with van der Waals surface area (Å²) in [6, 6.07) is 12.1. The molecule has 1 aliphatic heterocycles. The Labute approximate surface area is 176 Å². The van der Waals surface area contributed by atoms with Crippen LogP contribution in [0.5, 0.6) is 0 Å². The Morgan fingerprint density at radius 2 is 1.93 bits per heavy atom. The number of benzene rings is 1. The van der Waals surface area contributed by atoms with Gasteiger partial charge in [-0.05, 0) is 57.9 Å². The van der Waals surface area contributed by atoms with Crippen LogP contribution in [-0.4, -0.2) is 37.2 Å². The molecule has 3 heterocycles. The molecule has 1 amide bonds. The maximum Gasteiger partial charge on any atom is 0.245 e. The van der Waals surface area contributed by atoms with E-state index in [1.165, 1.54) is 5.56 Å². The Bertz CT molecular complexity index is 1010. The normalized spacial score (nSPS) is 16.4. The molecule has 1 atom stereocenters. The Morgan fingerprint density at radius 1 is 1.13 bits per heavy atom. The number of rotatable bonds is 5. The van der Waals surface area contributed by atoms with Gasteiger partial charge >= 0.3 is 0 Å². The van der Waals surface area contributed by atoms with E-state index in [2.05, 4.69) is 30.4 Å². The maximum absolute atomic E-state index is 13.0. The summed E-state index contributed by atoms with van der Waals surface area (Å²) in [4.78, 5) is 17.2. The van der Waals surface area contributed by atoms with E-state index in [0.29, 0.717) is 0 Å². The third kappa shape index (κ3) is 4.35. The standard InChI is InChI=1S/C23H28N6O/c1-16-6-8-19(9-7-16)26-23(2,3)22(30)25-18-10-11-20-27-28-21(29(20)14-12-18)17-5-4-13-24-15-17/h4-9,13,15,18,26H,10-12,14H2,1-3H3,(H,25,30). The molecule has 0 fully saturated rings. The highest BCUT2D eigenvalue weighted by atomic mass is 16.2. The van der Waals surface area contributed by atoms with Gasteiger partial charge in [0.2, 0.25) is 5.91 Å². The second kappa shape index (κ2) is 8.26. The number of nitrogens with zero attached hydrogens (tertiary/aromatic N) is 4. The van der Waals surface area contributed by atoms with Gasteiger partial charge in [0.15, 0.2) is 5.82 Å². The lowest BCUT2D eigenvalue weighted by Crippen LogP contribution is -2.51. The SMILES string of the molecule is Cc1ccc(NC(C)(C)C(=O)NC2CCc3nnc(-c4cccnc4)n3CC2)cc1. The van der Waals surface area contributed by atoms with Crippen molar-refractivity contribution in [2.75, 3.05) is 5.32 Å². The molecule has 0 saturated heterocycles. The molecule has 156 valence electrons. The summed E-state index contributed by atoms with van der Waals surface area (Å²) < 4.78 is 2.15. The molecule has 2 N–H and O–H groups in total. The summed E-state index contributed by atoms with van der Waals surface area (Å²) in [5, 5.41) is 15.3. The Kier molecular flexibility index (Phi) is 5.53. The molecular weight excluding hydrogens is 376 g/mol. The lowest BCUT2D eigenvalue weighted by molar-refractivity contribution is -0.125. The molecule has 2 aromatic heterocycles. The number of pyridine rings is 1. The van der Waals surface area contributed by atoms with Gasteiger partial charge in [-0.2, -0.15) is 0 Å². The molecule has 0 aliphatic carbocycles. The smallest absolute Gasteiger partial charge is 0.245 e. The van der Waals surface area contributed by atoms with Crippen molar-refractivity contribution in [1.29, 1.82) is 0 Å². The Morgan fingerprint density at radius 3 is 2.67 bits per heavy atom. The second-order valence-corrected chi connectivity index (χ2v) is 8.45. The maximum atomic E-state index is 13.0. The fourth-order valence-electron chi connectivity index (χ4n) is 3.76. The van der Waals surface area contributed by atoms with Gasteiger partial charge in [0, 0.05) is 42.7 Å². The lowest BCUT2D eigenvalue weighted by Gasteiger charge is -2.29. The minimum absolute atomic E-state index is 0.00165. The number of hydrogen-bond donors (Lipinski definition) is 2. The topological polar surface area (TPSA) is 84.7 Å². The van der Waals surface area contributed by atoms with Crippen LogP contribution in [0.1, 0.15) is 38.1 Å². The predicted octanol–water partition coefficient (Wildman–Crippen LogP) is 3.36. The van der Waals surface area contributed by atoms with Crippen LogP contribution in [0.3, 0.4) is 0 Å². The molecule has 1 unspecified atom stereocenters. The number of aryl methyl sites for hydroxylation is 2. The molecule has 4 rings (SSSR count). The van der Waals surface area contributed by atoms with E-state index in [1.54, 1.807) is 12.4 Å². The number of anilines is 1. The van der Waals surface area contributed by atoms with Gasteiger partial charge in [0.1, 0.15) is 11.4 Å². The third-order valence-corrected chi connectivity index (χ3v) is 5.58. The lowest BCUT2D eigenvalue weighted by atomic mass is 10.0. The van der Waals surface area contributed by atoms with Crippen LogP contribution in [0.4, 0.5) is 5.69 Å². The number of hydrogen-bond acceptors (Lipinski definition) is 5. The molecule has 30 heavy (non-hydrogen) atoms. The summed E-state index contributed by atoms with van der Waals surface area (Å²) in [7, 11) is 0. The van der Waals surface area contributed by atoms with Crippen LogP contribution in [-0.2, 0) is 17.8 Å². The summed E-state index contributed by atoms with van der Waals surface area (Å²) in [6.07, 6.45) is 6.02. The van der Waals surface area contributed by atoms with Crippen molar-refractivity contribution in [2.24, 2.45) is 0 Å². The number of fused-ring (bicyclic) bond motifs is 1. The highest BCUT2D eigenvalue weighted by Crippen LogP contribution is 2.23. The average Bonchev–Trinajstić information content (AvgIpc) is 3.04. The zero-order valence-corrected chi connectivity index (χ0v) is 17.7. The number of nitrogens with one attached hydrogen (secondary N) is 2. The molecule has 1 aromatic carbocycles. The van der Waals surface area contributed by atoms with E-state index in [-0.39, 0.29) is 11.9 Å². The summed E-state index contributed by atoms with van der Waals surface area (Å²) >= 11 is 0. The van der Waals surface area contributed by atoms with Crippen LogP contribution in [0.15, 0.2) is 48.8 Å². The summed E-state index contributed by atoms with van der Waals surface area (Å²) in [6.45, 7) is 6.64. The zero-order valence-electron chi connectivity index (χ0n) is 17.7. The third-order valence-electron chi connectivity index (χ3n) is 5.58. The number of aromatic nitrogens is 4. The van der Waals surface area contributed by atoms with Crippen molar-refractivity contribution < 1.29 is 4.79 Å². The minimum Gasteiger partial charge on any atom is -0.372 e. The number of carbonyl (C=O) groups is 1. The van der Waals surface area contributed by atoms with Crippen LogP contribution >= 0.6 is 0 Å². The van der Waals surface area contributed by atoms with Gasteiger partial charge < -0.3 is 15.2 Å². The number of amides is 1.